The summed E-state index contributed by atoms with van der Waals surface area (Å²) in [6.07, 6.45) is -4.63. The molecular weight excluding hydrogens is 317 g/mol. The third-order valence-electron chi connectivity index (χ3n) is 3.31. The molecule has 0 saturated carbocycles. The Labute approximate surface area is 127 Å². The number of allylic oxidation sites excluding steroid dienone is 1. The van der Waals surface area contributed by atoms with E-state index in [1.54, 1.807) is 0 Å². The lowest BCUT2D eigenvalue weighted by Gasteiger charge is -2.24. The van der Waals surface area contributed by atoms with Gasteiger partial charge in [-0.15, -0.1) is 0 Å². The Kier molecular flexibility index (Phi) is 4.13. The monoisotopic (exact) mass is 328 g/mol. The predicted octanol–water partition coefficient (Wildman–Crippen LogP) is 2.19. The van der Waals surface area contributed by atoms with Crippen molar-refractivity contribution in [2.75, 3.05) is 0 Å². The van der Waals surface area contributed by atoms with Gasteiger partial charge in [-0.2, -0.15) is 18.3 Å². The maximum Gasteiger partial charge on any atom is 0.416 e. The van der Waals surface area contributed by atoms with Crippen molar-refractivity contribution in [2.24, 2.45) is 5.10 Å². The number of aliphatic carboxylic acids is 2. The zero-order valence-electron chi connectivity index (χ0n) is 11.7. The van der Waals surface area contributed by atoms with E-state index in [2.05, 4.69) is 10.5 Å². The van der Waals surface area contributed by atoms with Crippen molar-refractivity contribution < 1.29 is 33.0 Å². The summed E-state index contributed by atoms with van der Waals surface area (Å²) >= 11 is 0. The highest BCUT2D eigenvalue weighted by atomic mass is 19.4. The molecule has 1 aliphatic heterocycles. The van der Waals surface area contributed by atoms with Crippen molar-refractivity contribution in [3.63, 3.8) is 0 Å². The van der Waals surface area contributed by atoms with Crippen molar-refractivity contribution in [2.45, 2.75) is 19.0 Å². The molecule has 122 valence electrons. The van der Waals surface area contributed by atoms with Crippen molar-refractivity contribution in [1.29, 1.82) is 0 Å². The van der Waals surface area contributed by atoms with Crippen LogP contribution in [0.1, 0.15) is 24.0 Å². The normalized spacial score (nSPS) is 18.3. The summed E-state index contributed by atoms with van der Waals surface area (Å²) in [6.45, 7) is 1.35. The number of hydrogen-bond acceptors (Lipinski definition) is 4. The van der Waals surface area contributed by atoms with Gasteiger partial charge in [0.15, 0.2) is 5.71 Å². The largest absolute Gasteiger partial charge is 0.478 e. The van der Waals surface area contributed by atoms with E-state index in [4.69, 9.17) is 0 Å². The molecule has 1 aromatic carbocycles. The Balaban J connectivity index is 2.64. The quantitative estimate of drug-likeness (QED) is 0.790. The molecule has 0 radical (unpaired) electrons. The third-order valence-corrected chi connectivity index (χ3v) is 3.31. The van der Waals surface area contributed by atoms with E-state index in [1.807, 2.05) is 0 Å². The maximum atomic E-state index is 12.8. The number of rotatable bonds is 3. The second-order valence-electron chi connectivity index (χ2n) is 4.81. The highest BCUT2D eigenvalue weighted by Gasteiger charge is 2.38. The zero-order chi connectivity index (χ0) is 17.4. The Bertz CT molecular complexity index is 738. The molecule has 6 nitrogen and oxygen atoms in total. The first-order valence-corrected chi connectivity index (χ1v) is 6.31. The van der Waals surface area contributed by atoms with Gasteiger partial charge in [-0.25, -0.2) is 9.59 Å². The smallest absolute Gasteiger partial charge is 0.416 e. The molecule has 1 atom stereocenters. The zero-order valence-corrected chi connectivity index (χ0v) is 11.7. The second kappa shape index (κ2) is 5.75. The number of hydrazone groups is 1. The first kappa shape index (κ1) is 16.5. The van der Waals surface area contributed by atoms with E-state index in [-0.39, 0.29) is 16.8 Å². The Morgan fingerprint density at radius 3 is 2.39 bits per heavy atom. The van der Waals surface area contributed by atoms with Gasteiger partial charge in [-0.1, -0.05) is 18.2 Å². The molecule has 0 fully saturated rings. The number of benzene rings is 1. The van der Waals surface area contributed by atoms with E-state index in [0.29, 0.717) is 0 Å². The number of carboxylic acids is 2. The molecule has 0 bridgehead atoms. The van der Waals surface area contributed by atoms with E-state index < -0.39 is 35.3 Å². The number of alkyl halides is 3. The summed E-state index contributed by atoms with van der Waals surface area (Å²) < 4.78 is 38.5. The molecule has 23 heavy (non-hydrogen) atoms. The minimum absolute atomic E-state index is 0.0601. The van der Waals surface area contributed by atoms with Gasteiger partial charge in [-0.05, 0) is 18.6 Å². The predicted molar refractivity (Wildman–Crippen MR) is 72.7 cm³/mol. The molecular formula is C14H11F3N2O4. The van der Waals surface area contributed by atoms with Crippen molar-refractivity contribution in [3.8, 4) is 0 Å². The van der Waals surface area contributed by atoms with Crippen LogP contribution >= 0.6 is 0 Å². The van der Waals surface area contributed by atoms with Crippen LogP contribution in [0.2, 0.25) is 0 Å². The Hall–Kier alpha value is -2.84. The first-order valence-electron chi connectivity index (χ1n) is 6.31. The summed E-state index contributed by atoms with van der Waals surface area (Å²) in [5, 5.41) is 22.0. The number of carbonyl (C=O) groups is 2. The van der Waals surface area contributed by atoms with Gasteiger partial charge in [0.1, 0.15) is 0 Å². The molecule has 0 aromatic heterocycles. The molecule has 0 spiro atoms. The van der Waals surface area contributed by atoms with E-state index in [9.17, 15) is 33.0 Å². The van der Waals surface area contributed by atoms with Crippen LogP contribution < -0.4 is 5.43 Å². The van der Waals surface area contributed by atoms with E-state index >= 15 is 0 Å². The number of halogens is 3. The van der Waals surface area contributed by atoms with Crippen LogP contribution in [0.4, 0.5) is 13.2 Å². The van der Waals surface area contributed by atoms with Gasteiger partial charge in [-0.3, -0.25) is 5.43 Å². The van der Waals surface area contributed by atoms with Gasteiger partial charge >= 0.3 is 18.1 Å². The highest BCUT2D eigenvalue weighted by molar-refractivity contribution is 6.39. The minimum Gasteiger partial charge on any atom is -0.478 e. The van der Waals surface area contributed by atoms with Gasteiger partial charge < -0.3 is 10.2 Å². The third kappa shape index (κ3) is 3.17. The van der Waals surface area contributed by atoms with Crippen LogP contribution in [0.25, 0.3) is 0 Å². The molecule has 3 N–H and O–H groups in total. The van der Waals surface area contributed by atoms with Crippen molar-refractivity contribution in [3.05, 3.63) is 46.7 Å². The number of carboxylic acid groups (broad SMARTS) is 2. The van der Waals surface area contributed by atoms with Gasteiger partial charge in [0.25, 0.3) is 0 Å². The van der Waals surface area contributed by atoms with Crippen LogP contribution in [0.3, 0.4) is 0 Å². The summed E-state index contributed by atoms with van der Waals surface area (Å²) in [5.41, 5.74) is 0.267. The molecule has 9 heteroatoms. The fourth-order valence-electron chi connectivity index (χ4n) is 2.30. The topological polar surface area (TPSA) is 99.0 Å². The van der Waals surface area contributed by atoms with E-state index in [1.165, 1.54) is 13.0 Å². The lowest BCUT2D eigenvalue weighted by Crippen LogP contribution is -2.34. The molecule has 0 amide bonds. The molecule has 0 saturated heterocycles. The second-order valence-corrected chi connectivity index (χ2v) is 4.81. The Morgan fingerprint density at radius 1 is 1.22 bits per heavy atom. The first-order chi connectivity index (χ1) is 10.6. The fraction of sp³-hybridized carbons (Fsp3) is 0.214. The summed E-state index contributed by atoms with van der Waals surface area (Å²) in [6, 6.07) is 3.87. The van der Waals surface area contributed by atoms with Crippen LogP contribution in [-0.4, -0.2) is 27.9 Å². The van der Waals surface area contributed by atoms with Gasteiger partial charge in [0, 0.05) is 5.70 Å². The molecule has 1 aliphatic rings. The van der Waals surface area contributed by atoms with Crippen LogP contribution in [-0.2, 0) is 15.8 Å². The number of nitrogens with one attached hydrogen (secondary N) is 1. The fourth-order valence-corrected chi connectivity index (χ4v) is 2.30. The summed E-state index contributed by atoms with van der Waals surface area (Å²) in [5.74, 6) is -4.37. The Morgan fingerprint density at radius 2 is 1.87 bits per heavy atom. The standard InChI is InChI=1S/C14H11F3N2O4/c1-6-9(12(20)21)10(11(13(22)23)19-18-6)7-3-2-4-8(5-7)14(15,16)17/h2-5,10,18H,1H3,(H,20,21)(H,22,23). The molecule has 0 aliphatic carbocycles. The molecule has 1 heterocycles. The van der Waals surface area contributed by atoms with Crippen LogP contribution in [0.5, 0.6) is 0 Å². The minimum atomic E-state index is -4.63. The SMILES string of the molecule is CC1=C(C(=O)O)C(c2cccc(C(F)(F)F)c2)C(C(=O)O)=NN1. The average Bonchev–Trinajstić information content (AvgIpc) is 2.45. The van der Waals surface area contributed by atoms with E-state index in [0.717, 1.165) is 18.2 Å². The number of hydrogen-bond donors (Lipinski definition) is 3. The van der Waals surface area contributed by atoms with Gasteiger partial charge in [0.05, 0.1) is 17.1 Å². The summed E-state index contributed by atoms with van der Waals surface area (Å²) in [7, 11) is 0. The highest BCUT2D eigenvalue weighted by Crippen LogP contribution is 2.35. The summed E-state index contributed by atoms with van der Waals surface area (Å²) in [4.78, 5) is 22.7. The van der Waals surface area contributed by atoms with Crippen molar-refractivity contribution >= 4 is 17.7 Å². The molecule has 1 unspecified atom stereocenters. The van der Waals surface area contributed by atoms with Gasteiger partial charge in [0.2, 0.25) is 0 Å². The average molecular weight is 328 g/mol. The van der Waals surface area contributed by atoms with Crippen LogP contribution in [0.15, 0.2) is 40.6 Å². The van der Waals surface area contributed by atoms with Crippen LogP contribution in [0, 0.1) is 0 Å². The lowest BCUT2D eigenvalue weighted by atomic mass is 9.84. The molecule has 2 rings (SSSR count). The van der Waals surface area contributed by atoms with Crippen molar-refractivity contribution in [1.82, 2.24) is 5.43 Å². The molecule has 1 aromatic rings. The maximum absolute atomic E-state index is 12.8. The lowest BCUT2D eigenvalue weighted by molar-refractivity contribution is -0.137. The number of nitrogens with zero attached hydrogens (tertiary/aromatic N) is 1.